The van der Waals surface area contributed by atoms with Gasteiger partial charge >= 0.3 is 5.51 Å². The van der Waals surface area contributed by atoms with Gasteiger partial charge in [-0.3, -0.25) is 0 Å². The Morgan fingerprint density at radius 2 is 1.70 bits per heavy atom. The van der Waals surface area contributed by atoms with Crippen LogP contribution in [0.4, 0.5) is 13.2 Å². The van der Waals surface area contributed by atoms with Crippen molar-refractivity contribution in [2.24, 2.45) is 0 Å². The molecule has 0 aromatic heterocycles. The lowest BCUT2D eigenvalue weighted by atomic mass is 9.86. The molecule has 0 heterocycles. The summed E-state index contributed by atoms with van der Waals surface area (Å²) in [5.74, 6) is 0. The molecule has 1 aliphatic carbocycles. The van der Waals surface area contributed by atoms with E-state index in [4.69, 9.17) is 0 Å². The molecule has 1 aliphatic rings. The fraction of sp³-hybridized carbons (Fsp3) is 0.263. The SMILES string of the molecule is Cc1ccc(/C=C2\CCc3ccccc3[C@@H]2SC(F)(F)F)cc1. The molecule has 2 aromatic rings. The van der Waals surface area contributed by atoms with E-state index < -0.39 is 10.8 Å². The molecule has 0 aliphatic heterocycles. The Morgan fingerprint density at radius 1 is 1.00 bits per heavy atom. The van der Waals surface area contributed by atoms with Crippen LogP contribution in [0, 0.1) is 6.92 Å². The molecule has 0 N–H and O–H groups in total. The van der Waals surface area contributed by atoms with Gasteiger partial charge in [-0.15, -0.1) is 0 Å². The Kier molecular flexibility index (Phi) is 4.53. The van der Waals surface area contributed by atoms with E-state index in [2.05, 4.69) is 0 Å². The highest BCUT2D eigenvalue weighted by molar-refractivity contribution is 8.00. The van der Waals surface area contributed by atoms with Crippen molar-refractivity contribution in [3.8, 4) is 0 Å². The molecule has 0 saturated heterocycles. The van der Waals surface area contributed by atoms with Gasteiger partial charge in [0.15, 0.2) is 0 Å². The lowest BCUT2D eigenvalue weighted by Crippen LogP contribution is -2.14. The van der Waals surface area contributed by atoms with Gasteiger partial charge in [-0.05, 0) is 48.2 Å². The highest BCUT2D eigenvalue weighted by atomic mass is 32.2. The van der Waals surface area contributed by atoms with Crippen molar-refractivity contribution in [1.82, 2.24) is 0 Å². The van der Waals surface area contributed by atoms with Crippen LogP contribution < -0.4 is 0 Å². The van der Waals surface area contributed by atoms with Gasteiger partial charge in [0, 0.05) is 0 Å². The molecule has 0 saturated carbocycles. The summed E-state index contributed by atoms with van der Waals surface area (Å²) < 4.78 is 39.1. The van der Waals surface area contributed by atoms with Crippen LogP contribution in [0.25, 0.3) is 6.08 Å². The first kappa shape index (κ1) is 16.2. The Hall–Kier alpha value is -1.68. The number of benzene rings is 2. The Balaban J connectivity index is 2.00. The molecule has 0 bridgehead atoms. The molecule has 0 fully saturated rings. The number of halogens is 3. The van der Waals surface area contributed by atoms with Crippen LogP contribution in [0.5, 0.6) is 0 Å². The Morgan fingerprint density at radius 3 is 2.39 bits per heavy atom. The highest BCUT2D eigenvalue weighted by Crippen LogP contribution is 2.50. The lowest BCUT2D eigenvalue weighted by molar-refractivity contribution is -0.0332. The van der Waals surface area contributed by atoms with Crippen molar-refractivity contribution in [3.05, 3.63) is 76.4 Å². The zero-order valence-electron chi connectivity index (χ0n) is 12.7. The maximum atomic E-state index is 13.0. The number of rotatable bonds is 2. The van der Waals surface area contributed by atoms with Crippen LogP contribution >= 0.6 is 11.8 Å². The lowest BCUT2D eigenvalue weighted by Gasteiger charge is -2.28. The number of fused-ring (bicyclic) bond motifs is 1. The Labute approximate surface area is 138 Å². The van der Waals surface area contributed by atoms with Crippen LogP contribution in [0.15, 0.2) is 54.1 Å². The predicted molar refractivity (Wildman–Crippen MR) is 90.3 cm³/mol. The van der Waals surface area contributed by atoms with E-state index in [-0.39, 0.29) is 11.8 Å². The van der Waals surface area contributed by atoms with Crippen LogP contribution in [0.1, 0.15) is 33.9 Å². The van der Waals surface area contributed by atoms with Gasteiger partial charge in [0.25, 0.3) is 0 Å². The second-order valence-electron chi connectivity index (χ2n) is 5.77. The second kappa shape index (κ2) is 6.44. The van der Waals surface area contributed by atoms with E-state index in [0.29, 0.717) is 6.42 Å². The molecule has 0 nitrogen and oxygen atoms in total. The van der Waals surface area contributed by atoms with E-state index in [1.807, 2.05) is 61.5 Å². The van der Waals surface area contributed by atoms with E-state index in [1.54, 1.807) is 0 Å². The molecule has 0 amide bonds. The zero-order valence-corrected chi connectivity index (χ0v) is 13.5. The number of thioether (sulfide) groups is 1. The van der Waals surface area contributed by atoms with Gasteiger partial charge in [-0.25, -0.2) is 0 Å². The van der Waals surface area contributed by atoms with E-state index >= 15 is 0 Å². The molecule has 120 valence electrons. The molecular formula is C19H17F3S. The van der Waals surface area contributed by atoms with Crippen molar-refractivity contribution in [2.75, 3.05) is 0 Å². The fourth-order valence-corrected chi connectivity index (χ4v) is 3.89. The predicted octanol–water partition coefficient (Wildman–Crippen LogP) is 6.32. The van der Waals surface area contributed by atoms with Gasteiger partial charge < -0.3 is 0 Å². The monoisotopic (exact) mass is 334 g/mol. The van der Waals surface area contributed by atoms with Gasteiger partial charge in [0.1, 0.15) is 0 Å². The van der Waals surface area contributed by atoms with Crippen LogP contribution in [0.2, 0.25) is 0 Å². The summed E-state index contributed by atoms with van der Waals surface area (Å²) in [4.78, 5) is 0. The third-order valence-electron chi connectivity index (χ3n) is 4.04. The summed E-state index contributed by atoms with van der Waals surface area (Å²) in [6.07, 6.45) is 3.38. The maximum Gasteiger partial charge on any atom is 0.442 e. The average Bonchev–Trinajstić information content (AvgIpc) is 2.50. The molecule has 1 atom stereocenters. The van der Waals surface area contributed by atoms with Crippen LogP contribution in [-0.2, 0) is 6.42 Å². The molecule has 0 spiro atoms. The summed E-state index contributed by atoms with van der Waals surface area (Å²) in [5, 5.41) is -0.652. The van der Waals surface area contributed by atoms with Gasteiger partial charge in [-0.1, -0.05) is 65.7 Å². The van der Waals surface area contributed by atoms with Gasteiger partial charge in [0.2, 0.25) is 0 Å². The summed E-state index contributed by atoms with van der Waals surface area (Å²) in [7, 11) is 0. The standard InChI is InChI=1S/C19H17F3S/c1-13-6-8-14(9-7-13)12-16-11-10-15-4-2-3-5-17(15)18(16)23-19(20,21)22/h2-9,12,18H,10-11H2,1H3/b16-12+/t18-/m1/s1. The first-order valence-corrected chi connectivity index (χ1v) is 8.40. The number of alkyl halides is 3. The minimum Gasteiger partial charge on any atom is -0.160 e. The smallest absolute Gasteiger partial charge is 0.160 e. The van der Waals surface area contributed by atoms with Crippen molar-refractivity contribution < 1.29 is 13.2 Å². The van der Waals surface area contributed by atoms with Gasteiger partial charge in [-0.2, -0.15) is 13.2 Å². The largest absolute Gasteiger partial charge is 0.442 e. The minimum absolute atomic E-state index is 0.0826. The molecule has 4 heteroatoms. The summed E-state index contributed by atoms with van der Waals surface area (Å²) in [6.45, 7) is 2.00. The molecule has 3 rings (SSSR count). The Bertz CT molecular complexity index is 714. The zero-order chi connectivity index (χ0) is 16.4. The van der Waals surface area contributed by atoms with E-state index in [1.165, 1.54) is 0 Å². The summed E-state index contributed by atoms with van der Waals surface area (Å²) >= 11 is 0.0826. The molecule has 0 unspecified atom stereocenters. The van der Waals surface area contributed by atoms with Crippen molar-refractivity contribution in [3.63, 3.8) is 0 Å². The number of aryl methyl sites for hydroxylation is 2. The summed E-state index contributed by atoms with van der Waals surface area (Å²) in [6, 6.07) is 15.3. The van der Waals surface area contributed by atoms with Crippen molar-refractivity contribution in [1.29, 1.82) is 0 Å². The fourth-order valence-electron chi connectivity index (χ4n) is 2.92. The first-order chi connectivity index (χ1) is 10.9. The second-order valence-corrected chi connectivity index (χ2v) is 6.94. The van der Waals surface area contributed by atoms with E-state index in [9.17, 15) is 13.2 Å². The molecular weight excluding hydrogens is 317 g/mol. The number of hydrogen-bond donors (Lipinski definition) is 0. The van der Waals surface area contributed by atoms with Crippen molar-refractivity contribution in [2.45, 2.75) is 30.5 Å². The molecule has 2 aromatic carbocycles. The van der Waals surface area contributed by atoms with E-state index in [0.717, 1.165) is 34.2 Å². The van der Waals surface area contributed by atoms with Crippen LogP contribution in [-0.4, -0.2) is 5.51 Å². The highest BCUT2D eigenvalue weighted by Gasteiger charge is 2.37. The summed E-state index contributed by atoms with van der Waals surface area (Å²) in [5.41, 5.74) is 0.506. The van der Waals surface area contributed by atoms with Crippen LogP contribution in [0.3, 0.4) is 0 Å². The quantitative estimate of drug-likeness (QED) is 0.619. The third-order valence-corrected chi connectivity index (χ3v) is 5.10. The maximum absolute atomic E-state index is 13.0. The average molecular weight is 334 g/mol. The molecule has 0 radical (unpaired) electrons. The third kappa shape index (κ3) is 3.99. The van der Waals surface area contributed by atoms with Gasteiger partial charge in [0.05, 0.1) is 5.25 Å². The normalized spacial score (nSPS) is 19.7. The molecule has 23 heavy (non-hydrogen) atoms. The minimum atomic E-state index is -4.25. The first-order valence-electron chi connectivity index (χ1n) is 7.52. The van der Waals surface area contributed by atoms with Crippen molar-refractivity contribution >= 4 is 17.8 Å². The number of hydrogen-bond acceptors (Lipinski definition) is 1. The topological polar surface area (TPSA) is 0 Å².